The molecular formula is C11H14O5. The average Bonchev–Trinajstić information content (AvgIpc) is 2.91. The topological polar surface area (TPSA) is 79.3 Å². The lowest BCUT2D eigenvalue weighted by atomic mass is 9.83. The van der Waals surface area contributed by atoms with Crippen LogP contribution >= 0.6 is 0 Å². The molecule has 0 amide bonds. The van der Waals surface area contributed by atoms with Crippen LogP contribution < -0.4 is 0 Å². The van der Waals surface area contributed by atoms with Crippen LogP contribution in [0.4, 0.5) is 0 Å². The molecule has 2 aliphatic heterocycles. The van der Waals surface area contributed by atoms with Gasteiger partial charge >= 0.3 is 0 Å². The standard InChI is InChI=1S/C11H14O5/c1-11(2)3-4(12)5-6(13)7(14)9-10(15-9)8(5)16-11/h6-7,9-10,13-14H,3H2,1-2H3/t6-,7+,9-,10+/m0/s1. The van der Waals surface area contributed by atoms with Crippen molar-refractivity contribution in [2.45, 2.75) is 50.3 Å². The van der Waals surface area contributed by atoms with E-state index in [-0.39, 0.29) is 23.9 Å². The van der Waals surface area contributed by atoms with E-state index >= 15 is 0 Å². The van der Waals surface area contributed by atoms with E-state index in [4.69, 9.17) is 9.47 Å². The average molecular weight is 226 g/mol. The van der Waals surface area contributed by atoms with E-state index in [9.17, 15) is 15.0 Å². The van der Waals surface area contributed by atoms with Crippen LogP contribution in [0.15, 0.2) is 11.3 Å². The van der Waals surface area contributed by atoms with Gasteiger partial charge in [-0.3, -0.25) is 4.79 Å². The fraction of sp³-hybridized carbons (Fsp3) is 0.727. The summed E-state index contributed by atoms with van der Waals surface area (Å²) in [6, 6.07) is 0. The van der Waals surface area contributed by atoms with Crippen molar-refractivity contribution in [2.75, 3.05) is 0 Å². The van der Waals surface area contributed by atoms with E-state index in [2.05, 4.69) is 0 Å². The van der Waals surface area contributed by atoms with Gasteiger partial charge in [-0.1, -0.05) is 0 Å². The second-order valence-electron chi connectivity index (χ2n) is 5.20. The summed E-state index contributed by atoms with van der Waals surface area (Å²) < 4.78 is 10.9. The third-order valence-corrected chi connectivity index (χ3v) is 3.28. The SMILES string of the molecule is CC1(C)CC(=O)C2=C(O1)[C@H]1O[C@H]1[C@H](O)[C@H]2O. The highest BCUT2D eigenvalue weighted by atomic mass is 16.6. The van der Waals surface area contributed by atoms with E-state index in [1.54, 1.807) is 0 Å². The maximum Gasteiger partial charge on any atom is 0.169 e. The Balaban J connectivity index is 2.05. The molecule has 0 radical (unpaired) electrons. The molecule has 0 spiro atoms. The summed E-state index contributed by atoms with van der Waals surface area (Å²) in [6.07, 6.45) is -2.75. The number of hydrogen-bond acceptors (Lipinski definition) is 5. The molecule has 1 aliphatic carbocycles. The number of ketones is 1. The van der Waals surface area contributed by atoms with Gasteiger partial charge in [-0.25, -0.2) is 0 Å². The van der Waals surface area contributed by atoms with Gasteiger partial charge < -0.3 is 19.7 Å². The number of aliphatic hydroxyl groups is 2. The quantitative estimate of drug-likeness (QED) is 0.545. The number of rotatable bonds is 0. The first-order valence-corrected chi connectivity index (χ1v) is 5.38. The van der Waals surface area contributed by atoms with Crippen molar-refractivity contribution in [3.63, 3.8) is 0 Å². The highest BCUT2D eigenvalue weighted by Crippen LogP contribution is 2.46. The number of Topliss-reactive ketones (excluding diaryl/α,β-unsaturated/α-hetero) is 1. The molecule has 3 aliphatic rings. The van der Waals surface area contributed by atoms with Crippen LogP contribution in [-0.4, -0.2) is 46.0 Å². The first kappa shape index (κ1) is 10.3. The molecule has 5 nitrogen and oxygen atoms in total. The number of aliphatic hydroxyl groups excluding tert-OH is 2. The molecule has 5 heteroatoms. The minimum absolute atomic E-state index is 0.160. The van der Waals surface area contributed by atoms with Gasteiger partial charge in [-0.05, 0) is 13.8 Å². The lowest BCUT2D eigenvalue weighted by Crippen LogP contribution is -2.46. The predicted octanol–water partition coefficient (Wildman–Crippen LogP) is -0.489. The van der Waals surface area contributed by atoms with Gasteiger partial charge in [0, 0.05) is 0 Å². The van der Waals surface area contributed by atoms with E-state index in [1.165, 1.54) is 0 Å². The van der Waals surface area contributed by atoms with Gasteiger partial charge in [-0.15, -0.1) is 0 Å². The van der Waals surface area contributed by atoms with Crippen LogP contribution in [0.3, 0.4) is 0 Å². The van der Waals surface area contributed by atoms with E-state index in [0.717, 1.165) is 0 Å². The monoisotopic (exact) mass is 226 g/mol. The number of carbonyl (C=O) groups excluding carboxylic acids is 1. The van der Waals surface area contributed by atoms with Gasteiger partial charge in [0.2, 0.25) is 0 Å². The Morgan fingerprint density at radius 1 is 1.38 bits per heavy atom. The first-order valence-electron chi connectivity index (χ1n) is 5.38. The summed E-state index contributed by atoms with van der Waals surface area (Å²) in [7, 11) is 0. The minimum atomic E-state index is -1.18. The second-order valence-corrected chi connectivity index (χ2v) is 5.20. The maximum absolute atomic E-state index is 11.9. The molecule has 3 rings (SSSR count). The van der Waals surface area contributed by atoms with Crippen LogP contribution in [0.5, 0.6) is 0 Å². The van der Waals surface area contributed by atoms with Gasteiger partial charge in [0.25, 0.3) is 0 Å². The number of hydrogen-bond donors (Lipinski definition) is 2. The number of ether oxygens (including phenoxy) is 2. The van der Waals surface area contributed by atoms with Crippen LogP contribution in [0.2, 0.25) is 0 Å². The van der Waals surface area contributed by atoms with Crippen LogP contribution in [-0.2, 0) is 14.3 Å². The highest BCUT2D eigenvalue weighted by molar-refractivity contribution is 5.98. The van der Waals surface area contributed by atoms with Crippen molar-refractivity contribution >= 4 is 5.78 Å². The van der Waals surface area contributed by atoms with Gasteiger partial charge in [0.15, 0.2) is 5.78 Å². The third kappa shape index (κ3) is 1.25. The van der Waals surface area contributed by atoms with Gasteiger partial charge in [-0.2, -0.15) is 0 Å². The fourth-order valence-corrected chi connectivity index (χ4v) is 2.47. The Bertz CT molecular complexity index is 397. The zero-order chi connectivity index (χ0) is 11.7. The summed E-state index contributed by atoms with van der Waals surface area (Å²) in [5, 5.41) is 19.5. The van der Waals surface area contributed by atoms with Crippen molar-refractivity contribution in [1.82, 2.24) is 0 Å². The molecule has 0 saturated carbocycles. The van der Waals surface area contributed by atoms with Gasteiger partial charge in [0.05, 0.1) is 12.0 Å². The van der Waals surface area contributed by atoms with Crippen LogP contribution in [0.25, 0.3) is 0 Å². The normalized spacial score (nSPS) is 44.6. The molecule has 88 valence electrons. The van der Waals surface area contributed by atoms with Gasteiger partial charge in [0.1, 0.15) is 35.8 Å². The number of epoxide rings is 1. The molecule has 1 fully saturated rings. The second kappa shape index (κ2) is 2.85. The van der Waals surface area contributed by atoms with Crippen molar-refractivity contribution in [3.05, 3.63) is 11.3 Å². The maximum atomic E-state index is 11.9. The summed E-state index contributed by atoms with van der Waals surface area (Å²) in [6.45, 7) is 3.65. The molecule has 4 atom stereocenters. The summed E-state index contributed by atoms with van der Waals surface area (Å²) in [4.78, 5) is 11.9. The van der Waals surface area contributed by atoms with Crippen molar-refractivity contribution in [1.29, 1.82) is 0 Å². The lowest BCUT2D eigenvalue weighted by molar-refractivity contribution is -0.127. The zero-order valence-electron chi connectivity index (χ0n) is 9.14. The molecule has 0 unspecified atom stereocenters. The number of fused-ring (bicyclic) bond motifs is 2. The third-order valence-electron chi connectivity index (χ3n) is 3.28. The van der Waals surface area contributed by atoms with Crippen LogP contribution in [0, 0.1) is 0 Å². The van der Waals surface area contributed by atoms with Crippen molar-refractivity contribution < 1.29 is 24.5 Å². The molecule has 0 bridgehead atoms. The zero-order valence-corrected chi connectivity index (χ0v) is 9.14. The minimum Gasteiger partial charge on any atom is -0.488 e. The molecule has 2 heterocycles. The molecule has 0 aromatic carbocycles. The molecular weight excluding hydrogens is 212 g/mol. The molecule has 16 heavy (non-hydrogen) atoms. The van der Waals surface area contributed by atoms with E-state index < -0.39 is 23.9 Å². The Hall–Kier alpha value is -0.910. The summed E-state index contributed by atoms with van der Waals surface area (Å²) >= 11 is 0. The predicted molar refractivity (Wildman–Crippen MR) is 52.5 cm³/mol. The molecule has 0 aromatic heterocycles. The Morgan fingerprint density at radius 2 is 2.06 bits per heavy atom. The highest BCUT2D eigenvalue weighted by Gasteiger charge is 2.59. The Kier molecular flexibility index (Phi) is 1.83. The van der Waals surface area contributed by atoms with Crippen molar-refractivity contribution in [2.24, 2.45) is 0 Å². The summed E-state index contributed by atoms with van der Waals surface area (Å²) in [5.74, 6) is 0.260. The fourth-order valence-electron chi connectivity index (χ4n) is 2.47. The van der Waals surface area contributed by atoms with Crippen LogP contribution in [0.1, 0.15) is 20.3 Å². The summed E-state index contributed by atoms with van der Waals surface area (Å²) in [5.41, 5.74) is -0.361. The van der Waals surface area contributed by atoms with E-state index in [0.29, 0.717) is 5.76 Å². The first-order chi connectivity index (χ1) is 7.41. The van der Waals surface area contributed by atoms with E-state index in [1.807, 2.05) is 13.8 Å². The Morgan fingerprint density at radius 3 is 2.75 bits per heavy atom. The largest absolute Gasteiger partial charge is 0.488 e. The molecule has 1 saturated heterocycles. The Labute approximate surface area is 92.7 Å². The van der Waals surface area contributed by atoms with Crippen molar-refractivity contribution in [3.8, 4) is 0 Å². The smallest absolute Gasteiger partial charge is 0.169 e. The number of carbonyl (C=O) groups is 1. The lowest BCUT2D eigenvalue weighted by Gasteiger charge is -2.36. The molecule has 0 aromatic rings. The molecule has 2 N–H and O–H groups in total.